The second-order valence-corrected chi connectivity index (χ2v) is 4.31. The van der Waals surface area contributed by atoms with E-state index < -0.39 is 0 Å². The molecule has 2 rings (SSSR count). The van der Waals surface area contributed by atoms with Crippen molar-refractivity contribution in [3.63, 3.8) is 0 Å². The molecule has 1 N–H and O–H groups in total. The van der Waals surface area contributed by atoms with Gasteiger partial charge in [-0.3, -0.25) is 0 Å². The minimum atomic E-state index is 0.356. The number of phenols is 1. The SMILES string of the molecule is Cc1cccc(O)c1Cc1ccc(Cl)cc1. The van der Waals surface area contributed by atoms with Crippen molar-refractivity contribution in [2.45, 2.75) is 13.3 Å². The van der Waals surface area contributed by atoms with Crippen LogP contribution in [0.15, 0.2) is 42.5 Å². The van der Waals surface area contributed by atoms with Crippen LogP contribution in [0, 0.1) is 6.92 Å². The van der Waals surface area contributed by atoms with Crippen molar-refractivity contribution in [2.24, 2.45) is 0 Å². The maximum absolute atomic E-state index is 9.78. The quantitative estimate of drug-likeness (QED) is 0.832. The van der Waals surface area contributed by atoms with Crippen LogP contribution in [0.4, 0.5) is 0 Å². The Morgan fingerprint density at radius 2 is 1.75 bits per heavy atom. The van der Waals surface area contributed by atoms with Gasteiger partial charge < -0.3 is 5.11 Å². The predicted molar refractivity (Wildman–Crippen MR) is 67.1 cm³/mol. The van der Waals surface area contributed by atoms with E-state index in [1.54, 1.807) is 6.07 Å². The summed E-state index contributed by atoms with van der Waals surface area (Å²) >= 11 is 5.83. The molecular weight excluding hydrogens is 220 g/mol. The van der Waals surface area contributed by atoms with Crippen LogP contribution in [-0.2, 0) is 6.42 Å². The summed E-state index contributed by atoms with van der Waals surface area (Å²) in [5.41, 5.74) is 3.23. The summed E-state index contributed by atoms with van der Waals surface area (Å²) in [5.74, 6) is 0.356. The number of halogens is 1. The van der Waals surface area contributed by atoms with Crippen LogP contribution in [0.5, 0.6) is 5.75 Å². The van der Waals surface area contributed by atoms with Crippen molar-refractivity contribution in [1.29, 1.82) is 0 Å². The largest absolute Gasteiger partial charge is 0.508 e. The maximum Gasteiger partial charge on any atom is 0.119 e. The average molecular weight is 233 g/mol. The van der Waals surface area contributed by atoms with E-state index in [2.05, 4.69) is 0 Å². The molecule has 0 unspecified atom stereocenters. The third kappa shape index (κ3) is 2.37. The summed E-state index contributed by atoms with van der Waals surface area (Å²) in [4.78, 5) is 0. The van der Waals surface area contributed by atoms with Crippen LogP contribution in [0.1, 0.15) is 16.7 Å². The maximum atomic E-state index is 9.78. The number of rotatable bonds is 2. The Hall–Kier alpha value is -1.47. The lowest BCUT2D eigenvalue weighted by Crippen LogP contribution is -1.92. The molecule has 0 aliphatic heterocycles. The molecule has 0 radical (unpaired) electrons. The van der Waals surface area contributed by atoms with E-state index in [9.17, 15) is 5.11 Å². The van der Waals surface area contributed by atoms with Gasteiger partial charge in [-0.1, -0.05) is 35.9 Å². The number of benzene rings is 2. The number of aromatic hydroxyl groups is 1. The fourth-order valence-electron chi connectivity index (χ4n) is 1.72. The van der Waals surface area contributed by atoms with E-state index in [-0.39, 0.29) is 0 Å². The molecule has 1 nitrogen and oxygen atoms in total. The molecule has 0 saturated heterocycles. The van der Waals surface area contributed by atoms with Crippen molar-refractivity contribution in [3.05, 3.63) is 64.2 Å². The summed E-state index contributed by atoms with van der Waals surface area (Å²) in [7, 11) is 0. The van der Waals surface area contributed by atoms with E-state index in [4.69, 9.17) is 11.6 Å². The van der Waals surface area contributed by atoms with Crippen molar-refractivity contribution >= 4 is 11.6 Å². The number of aryl methyl sites for hydroxylation is 1. The van der Waals surface area contributed by atoms with Gasteiger partial charge in [0.15, 0.2) is 0 Å². The van der Waals surface area contributed by atoms with Crippen molar-refractivity contribution in [2.75, 3.05) is 0 Å². The zero-order valence-electron chi connectivity index (χ0n) is 9.07. The van der Waals surface area contributed by atoms with Crippen LogP contribution in [0.25, 0.3) is 0 Å². The first-order chi connectivity index (χ1) is 7.66. The molecule has 0 aromatic heterocycles. The second kappa shape index (κ2) is 4.58. The monoisotopic (exact) mass is 232 g/mol. The van der Waals surface area contributed by atoms with Crippen molar-refractivity contribution < 1.29 is 5.11 Å². The zero-order chi connectivity index (χ0) is 11.5. The van der Waals surface area contributed by atoms with Gasteiger partial charge in [-0.2, -0.15) is 0 Å². The van der Waals surface area contributed by atoms with Gasteiger partial charge in [0.25, 0.3) is 0 Å². The molecule has 2 aromatic rings. The normalized spacial score (nSPS) is 10.4. The molecule has 0 spiro atoms. The Labute approximate surface area is 100 Å². The lowest BCUT2D eigenvalue weighted by molar-refractivity contribution is 0.469. The average Bonchev–Trinajstić information content (AvgIpc) is 2.26. The Kier molecular flexibility index (Phi) is 3.16. The molecule has 0 saturated carbocycles. The molecule has 0 aliphatic rings. The van der Waals surface area contributed by atoms with Crippen LogP contribution >= 0.6 is 11.6 Å². The van der Waals surface area contributed by atoms with Gasteiger partial charge >= 0.3 is 0 Å². The number of hydrogen-bond donors (Lipinski definition) is 1. The minimum absolute atomic E-state index is 0.356. The summed E-state index contributed by atoms with van der Waals surface area (Å²) < 4.78 is 0. The first-order valence-electron chi connectivity index (χ1n) is 5.19. The third-order valence-corrected chi connectivity index (χ3v) is 2.93. The lowest BCUT2D eigenvalue weighted by atomic mass is 10.00. The summed E-state index contributed by atoms with van der Waals surface area (Å²) in [6.07, 6.45) is 0.732. The highest BCUT2D eigenvalue weighted by Gasteiger charge is 2.05. The summed E-state index contributed by atoms with van der Waals surface area (Å²) in [5, 5.41) is 10.5. The molecule has 0 aliphatic carbocycles. The van der Waals surface area contributed by atoms with Crippen LogP contribution in [-0.4, -0.2) is 5.11 Å². The van der Waals surface area contributed by atoms with Crippen LogP contribution in [0.3, 0.4) is 0 Å². The molecule has 0 amide bonds. The Bertz CT molecular complexity index is 468. The zero-order valence-corrected chi connectivity index (χ0v) is 9.83. The molecule has 0 bridgehead atoms. The minimum Gasteiger partial charge on any atom is -0.508 e. The van der Waals surface area contributed by atoms with Gasteiger partial charge in [0.05, 0.1) is 0 Å². The van der Waals surface area contributed by atoms with Crippen molar-refractivity contribution in [1.82, 2.24) is 0 Å². The van der Waals surface area contributed by atoms with E-state index in [0.29, 0.717) is 5.75 Å². The Morgan fingerprint density at radius 1 is 1.06 bits per heavy atom. The first kappa shape index (κ1) is 11.0. The summed E-state index contributed by atoms with van der Waals surface area (Å²) in [6, 6.07) is 13.3. The van der Waals surface area contributed by atoms with E-state index >= 15 is 0 Å². The highest BCUT2D eigenvalue weighted by atomic mass is 35.5. The molecule has 0 atom stereocenters. The molecular formula is C14H13ClO. The smallest absolute Gasteiger partial charge is 0.119 e. The predicted octanol–water partition coefficient (Wildman–Crippen LogP) is 3.94. The molecule has 16 heavy (non-hydrogen) atoms. The van der Waals surface area contributed by atoms with Gasteiger partial charge in [0, 0.05) is 17.0 Å². The number of phenolic OH excluding ortho intramolecular Hbond substituents is 1. The highest BCUT2D eigenvalue weighted by molar-refractivity contribution is 6.30. The molecule has 2 heteroatoms. The summed E-state index contributed by atoms with van der Waals surface area (Å²) in [6.45, 7) is 2.00. The topological polar surface area (TPSA) is 20.2 Å². The molecule has 0 heterocycles. The lowest BCUT2D eigenvalue weighted by Gasteiger charge is -2.08. The van der Waals surface area contributed by atoms with Gasteiger partial charge in [-0.25, -0.2) is 0 Å². The van der Waals surface area contributed by atoms with Crippen LogP contribution in [0.2, 0.25) is 5.02 Å². The van der Waals surface area contributed by atoms with Gasteiger partial charge in [-0.05, 0) is 36.2 Å². The van der Waals surface area contributed by atoms with Gasteiger partial charge in [-0.15, -0.1) is 0 Å². The van der Waals surface area contributed by atoms with Crippen molar-refractivity contribution in [3.8, 4) is 5.75 Å². The fourth-order valence-corrected chi connectivity index (χ4v) is 1.85. The van der Waals surface area contributed by atoms with Gasteiger partial charge in [0.2, 0.25) is 0 Å². The highest BCUT2D eigenvalue weighted by Crippen LogP contribution is 2.24. The van der Waals surface area contributed by atoms with Crippen LogP contribution < -0.4 is 0 Å². The second-order valence-electron chi connectivity index (χ2n) is 3.88. The first-order valence-corrected chi connectivity index (χ1v) is 5.56. The van der Waals surface area contributed by atoms with E-state index in [1.807, 2.05) is 43.3 Å². The van der Waals surface area contributed by atoms with Gasteiger partial charge in [0.1, 0.15) is 5.75 Å². The Morgan fingerprint density at radius 3 is 2.38 bits per heavy atom. The van der Waals surface area contributed by atoms with E-state index in [1.165, 1.54) is 0 Å². The third-order valence-electron chi connectivity index (χ3n) is 2.68. The Balaban J connectivity index is 2.30. The van der Waals surface area contributed by atoms with E-state index in [0.717, 1.165) is 28.1 Å². The fraction of sp³-hybridized carbons (Fsp3) is 0.143. The molecule has 0 fully saturated rings. The molecule has 82 valence electrons. The standard InChI is InChI=1S/C14H13ClO/c1-10-3-2-4-14(16)13(10)9-11-5-7-12(15)8-6-11/h2-8,16H,9H2,1H3. The molecule has 2 aromatic carbocycles. The number of hydrogen-bond acceptors (Lipinski definition) is 1.